The van der Waals surface area contributed by atoms with Gasteiger partial charge in [0.25, 0.3) is 0 Å². The smallest absolute Gasteiger partial charge is 0.341 e. The normalized spacial score (nSPS) is 18.9. The molecule has 4 rings (SSSR count). The molecule has 2 aliphatic rings. The molecule has 1 aliphatic heterocycles. The van der Waals surface area contributed by atoms with Crippen LogP contribution in [-0.4, -0.2) is 35.6 Å². The van der Waals surface area contributed by atoms with Gasteiger partial charge in [-0.15, -0.1) is 0 Å². The van der Waals surface area contributed by atoms with Gasteiger partial charge in [0.1, 0.15) is 0 Å². The summed E-state index contributed by atoms with van der Waals surface area (Å²) in [5.74, 6) is 0.829. The summed E-state index contributed by atoms with van der Waals surface area (Å²) in [4.78, 5) is 20.4. The molecule has 0 radical (unpaired) electrons. The summed E-state index contributed by atoms with van der Waals surface area (Å²) in [6, 6.07) is 9.10. The number of nitrogens with one attached hydrogen (secondary N) is 2. The van der Waals surface area contributed by atoms with Crippen LogP contribution in [0.25, 0.3) is 0 Å². The molecule has 0 spiro atoms. The quantitative estimate of drug-likeness (QED) is 0.746. The predicted octanol–water partition coefficient (Wildman–Crippen LogP) is 3.61. The van der Waals surface area contributed by atoms with Gasteiger partial charge in [-0.1, -0.05) is 24.3 Å². The largest absolute Gasteiger partial charge is 0.462 e. The predicted molar refractivity (Wildman–Crippen MR) is 108 cm³/mol. The molecule has 28 heavy (non-hydrogen) atoms. The van der Waals surface area contributed by atoms with Crippen molar-refractivity contribution < 1.29 is 9.53 Å². The van der Waals surface area contributed by atoms with Crippen LogP contribution in [0, 0.1) is 0 Å². The van der Waals surface area contributed by atoms with Crippen LogP contribution in [0.15, 0.2) is 36.7 Å². The summed E-state index contributed by atoms with van der Waals surface area (Å²) < 4.78 is 4.99. The number of aromatic nitrogens is 2. The SMILES string of the molecule is CCOC(=O)c1cnc(NC2(c3ccc(C4CCNCC4)cc3)CCC2)nc1. The van der Waals surface area contributed by atoms with Crippen LogP contribution in [0.1, 0.15) is 66.4 Å². The molecule has 0 amide bonds. The first kappa shape index (κ1) is 18.9. The number of benzene rings is 1. The monoisotopic (exact) mass is 380 g/mol. The molecule has 0 atom stereocenters. The molecule has 1 aliphatic carbocycles. The van der Waals surface area contributed by atoms with E-state index in [0.717, 1.165) is 25.9 Å². The maximum atomic E-state index is 11.8. The molecule has 1 aromatic carbocycles. The minimum atomic E-state index is -0.388. The number of rotatable bonds is 6. The van der Waals surface area contributed by atoms with Crippen molar-refractivity contribution in [3.8, 4) is 0 Å². The van der Waals surface area contributed by atoms with E-state index >= 15 is 0 Å². The molecule has 2 N–H and O–H groups in total. The fraction of sp³-hybridized carbons (Fsp3) is 0.500. The first-order valence-corrected chi connectivity index (χ1v) is 10.3. The third-order valence-electron chi connectivity index (χ3n) is 5.99. The van der Waals surface area contributed by atoms with Gasteiger partial charge in [-0.05, 0) is 69.2 Å². The third-order valence-corrected chi connectivity index (χ3v) is 5.99. The minimum Gasteiger partial charge on any atom is -0.462 e. The van der Waals surface area contributed by atoms with Crippen molar-refractivity contribution >= 4 is 11.9 Å². The lowest BCUT2D eigenvalue weighted by Gasteiger charge is -2.43. The Bertz CT molecular complexity index is 794. The highest BCUT2D eigenvalue weighted by atomic mass is 16.5. The number of ether oxygens (including phenoxy) is 1. The average Bonchev–Trinajstić information content (AvgIpc) is 2.72. The topological polar surface area (TPSA) is 76.1 Å². The first-order chi connectivity index (χ1) is 13.7. The van der Waals surface area contributed by atoms with Crippen molar-refractivity contribution in [2.24, 2.45) is 0 Å². The second-order valence-electron chi connectivity index (χ2n) is 7.72. The lowest BCUT2D eigenvalue weighted by molar-refractivity contribution is 0.0525. The molecule has 1 aromatic heterocycles. The summed E-state index contributed by atoms with van der Waals surface area (Å²) in [7, 11) is 0. The lowest BCUT2D eigenvalue weighted by Crippen LogP contribution is -2.42. The number of nitrogens with zero attached hydrogens (tertiary/aromatic N) is 2. The number of hydrogen-bond acceptors (Lipinski definition) is 6. The summed E-state index contributed by atoms with van der Waals surface area (Å²) >= 11 is 0. The summed E-state index contributed by atoms with van der Waals surface area (Å²) in [5, 5.41) is 6.95. The van der Waals surface area contributed by atoms with Gasteiger partial charge in [0.2, 0.25) is 5.95 Å². The number of carbonyl (C=O) groups is 1. The molecule has 2 aromatic rings. The van der Waals surface area contributed by atoms with Crippen LogP contribution < -0.4 is 10.6 Å². The van der Waals surface area contributed by atoms with Crippen molar-refractivity contribution in [3.63, 3.8) is 0 Å². The Morgan fingerprint density at radius 2 is 1.86 bits per heavy atom. The van der Waals surface area contributed by atoms with E-state index in [1.807, 2.05) is 0 Å². The van der Waals surface area contributed by atoms with Crippen molar-refractivity contribution in [3.05, 3.63) is 53.3 Å². The standard InChI is InChI=1S/C22H28N4O2/c1-2-28-20(27)18-14-24-21(25-15-18)26-22(10-3-11-22)19-6-4-16(5-7-19)17-8-12-23-13-9-17/h4-7,14-15,17,23H,2-3,8-13H2,1H3,(H,24,25,26). The Morgan fingerprint density at radius 3 is 2.43 bits per heavy atom. The van der Waals surface area contributed by atoms with Gasteiger partial charge < -0.3 is 15.4 Å². The highest BCUT2D eigenvalue weighted by Gasteiger charge is 2.39. The van der Waals surface area contributed by atoms with E-state index in [1.54, 1.807) is 6.92 Å². The van der Waals surface area contributed by atoms with Gasteiger partial charge in [-0.3, -0.25) is 0 Å². The zero-order valence-electron chi connectivity index (χ0n) is 16.4. The lowest BCUT2D eigenvalue weighted by atomic mass is 9.71. The number of carbonyl (C=O) groups excluding carboxylic acids is 1. The van der Waals surface area contributed by atoms with E-state index in [-0.39, 0.29) is 11.5 Å². The molecular formula is C22H28N4O2. The van der Waals surface area contributed by atoms with Crippen LogP contribution in [0.4, 0.5) is 5.95 Å². The molecule has 2 heterocycles. The van der Waals surface area contributed by atoms with E-state index in [9.17, 15) is 4.79 Å². The molecule has 1 saturated heterocycles. The minimum absolute atomic E-state index is 0.113. The van der Waals surface area contributed by atoms with Crippen LogP contribution in [0.2, 0.25) is 0 Å². The Labute approximate surface area is 166 Å². The summed E-state index contributed by atoms with van der Waals surface area (Å²) in [5.41, 5.74) is 2.99. The van der Waals surface area contributed by atoms with Gasteiger partial charge in [0.05, 0.1) is 17.7 Å². The van der Waals surface area contributed by atoms with Crippen LogP contribution in [-0.2, 0) is 10.3 Å². The van der Waals surface area contributed by atoms with Crippen LogP contribution in [0.3, 0.4) is 0 Å². The Morgan fingerprint density at radius 1 is 1.18 bits per heavy atom. The summed E-state index contributed by atoms with van der Waals surface area (Å²) in [6.45, 7) is 4.34. The maximum absolute atomic E-state index is 11.8. The fourth-order valence-corrected chi connectivity index (χ4v) is 4.17. The van der Waals surface area contributed by atoms with E-state index in [4.69, 9.17) is 4.74 Å². The van der Waals surface area contributed by atoms with Crippen molar-refractivity contribution in [2.45, 2.75) is 50.5 Å². The Balaban J connectivity index is 1.47. The van der Waals surface area contributed by atoms with Crippen LogP contribution >= 0.6 is 0 Å². The van der Waals surface area contributed by atoms with Gasteiger partial charge >= 0.3 is 5.97 Å². The first-order valence-electron chi connectivity index (χ1n) is 10.3. The summed E-state index contributed by atoms with van der Waals surface area (Å²) in [6.07, 6.45) is 8.78. The maximum Gasteiger partial charge on any atom is 0.341 e. The number of esters is 1. The van der Waals surface area contributed by atoms with E-state index < -0.39 is 0 Å². The third kappa shape index (κ3) is 3.87. The highest BCUT2D eigenvalue weighted by molar-refractivity contribution is 5.88. The average molecular weight is 380 g/mol. The van der Waals surface area contributed by atoms with Gasteiger partial charge in [0, 0.05) is 12.4 Å². The molecule has 0 bridgehead atoms. The zero-order chi connectivity index (χ0) is 19.4. The molecule has 6 heteroatoms. The van der Waals surface area contributed by atoms with E-state index in [0.29, 0.717) is 24.0 Å². The van der Waals surface area contributed by atoms with Gasteiger partial charge in [-0.2, -0.15) is 0 Å². The number of anilines is 1. The van der Waals surface area contributed by atoms with Crippen LogP contribution in [0.5, 0.6) is 0 Å². The molecule has 0 unspecified atom stereocenters. The molecule has 2 fully saturated rings. The van der Waals surface area contributed by atoms with Crippen molar-refractivity contribution in [2.75, 3.05) is 25.0 Å². The zero-order valence-corrected chi connectivity index (χ0v) is 16.4. The molecule has 6 nitrogen and oxygen atoms in total. The number of hydrogen-bond donors (Lipinski definition) is 2. The van der Waals surface area contributed by atoms with E-state index in [1.165, 1.54) is 42.8 Å². The molecular weight excluding hydrogens is 352 g/mol. The van der Waals surface area contributed by atoms with Crippen molar-refractivity contribution in [1.29, 1.82) is 0 Å². The Hall–Kier alpha value is -2.47. The molecule has 1 saturated carbocycles. The second kappa shape index (κ2) is 8.27. The van der Waals surface area contributed by atoms with Gasteiger partial charge in [0.15, 0.2) is 0 Å². The van der Waals surface area contributed by atoms with Crippen molar-refractivity contribution in [1.82, 2.24) is 15.3 Å². The highest BCUT2D eigenvalue weighted by Crippen LogP contribution is 2.44. The van der Waals surface area contributed by atoms with Gasteiger partial charge in [-0.25, -0.2) is 14.8 Å². The second-order valence-corrected chi connectivity index (χ2v) is 7.72. The van der Waals surface area contributed by atoms with E-state index in [2.05, 4.69) is 44.9 Å². The molecule has 148 valence electrons. The Kier molecular flexibility index (Phi) is 5.57. The number of piperidine rings is 1. The fourth-order valence-electron chi connectivity index (χ4n) is 4.17.